The number of aromatic nitrogens is 4. The van der Waals surface area contributed by atoms with Gasteiger partial charge in [0.25, 0.3) is 0 Å². The zero-order valence-corrected chi connectivity index (χ0v) is 18.9. The van der Waals surface area contributed by atoms with Crippen molar-refractivity contribution in [3.05, 3.63) is 84.1 Å². The van der Waals surface area contributed by atoms with Crippen molar-refractivity contribution in [2.75, 3.05) is 5.73 Å². The Kier molecular flexibility index (Phi) is 5.02. The average Bonchev–Trinajstić information content (AvgIpc) is 3.39. The number of benzene rings is 2. The maximum absolute atomic E-state index is 6.30. The Morgan fingerprint density at radius 2 is 1.88 bits per heavy atom. The smallest absolute Gasteiger partial charge is 0.150 e. The van der Waals surface area contributed by atoms with Crippen LogP contribution in [0.5, 0.6) is 5.75 Å². The fourth-order valence-electron chi connectivity index (χ4n) is 4.52. The molecule has 0 atom stereocenters. The van der Waals surface area contributed by atoms with Crippen LogP contribution in [0.4, 0.5) is 5.82 Å². The van der Waals surface area contributed by atoms with Crippen molar-refractivity contribution in [3.8, 4) is 28.3 Å². The van der Waals surface area contributed by atoms with Crippen molar-refractivity contribution < 1.29 is 9.26 Å². The summed E-state index contributed by atoms with van der Waals surface area (Å²) in [5.74, 6) is 3.50. The van der Waals surface area contributed by atoms with Gasteiger partial charge in [0.15, 0.2) is 0 Å². The minimum Gasteiger partial charge on any atom is -0.489 e. The summed E-state index contributed by atoms with van der Waals surface area (Å²) in [5.41, 5.74) is 11.7. The lowest BCUT2D eigenvalue weighted by Crippen LogP contribution is -2.12. The highest BCUT2D eigenvalue weighted by Gasteiger charge is 2.27. The molecular weight excluding hydrogens is 426 g/mol. The lowest BCUT2D eigenvalue weighted by molar-refractivity contribution is 0.302. The molecule has 5 aromatic rings. The van der Waals surface area contributed by atoms with Crippen molar-refractivity contribution in [3.63, 3.8) is 0 Å². The first kappa shape index (κ1) is 20.5. The summed E-state index contributed by atoms with van der Waals surface area (Å²) in [4.78, 5) is 9.34. The van der Waals surface area contributed by atoms with Crippen molar-refractivity contribution >= 4 is 11.3 Å². The number of hydrogen-bond donors (Lipinski definition) is 1. The van der Waals surface area contributed by atoms with E-state index in [1.54, 1.807) is 6.20 Å². The highest BCUT2D eigenvalue weighted by atomic mass is 16.5. The molecule has 6 rings (SSSR count). The number of rotatable bonds is 6. The second-order valence-electron chi connectivity index (χ2n) is 8.73. The van der Waals surface area contributed by atoms with E-state index < -0.39 is 0 Å². The summed E-state index contributed by atoms with van der Waals surface area (Å²) in [6, 6.07) is 18.0. The number of aryl methyl sites for hydroxylation is 1. The van der Waals surface area contributed by atoms with Gasteiger partial charge in [-0.25, -0.2) is 9.97 Å². The maximum Gasteiger partial charge on any atom is 0.150 e. The monoisotopic (exact) mass is 451 g/mol. The van der Waals surface area contributed by atoms with Crippen LogP contribution >= 0.6 is 0 Å². The Labute approximate surface area is 197 Å². The predicted octanol–water partition coefficient (Wildman–Crippen LogP) is 5.79. The minimum absolute atomic E-state index is 0.351. The molecule has 0 radical (unpaired) electrons. The van der Waals surface area contributed by atoms with E-state index in [2.05, 4.69) is 14.5 Å². The molecule has 0 saturated heterocycles. The van der Waals surface area contributed by atoms with Crippen molar-refractivity contribution in [1.29, 1.82) is 0 Å². The second-order valence-corrected chi connectivity index (χ2v) is 8.73. The summed E-state index contributed by atoms with van der Waals surface area (Å²) in [6.07, 6.45) is 7.25. The molecule has 2 aromatic carbocycles. The average molecular weight is 452 g/mol. The molecule has 0 aliphatic heterocycles. The third-order valence-corrected chi connectivity index (χ3v) is 6.60. The van der Waals surface area contributed by atoms with Crippen LogP contribution in [-0.2, 0) is 6.61 Å². The van der Waals surface area contributed by atoms with Crippen molar-refractivity contribution in [2.45, 2.75) is 38.7 Å². The van der Waals surface area contributed by atoms with Gasteiger partial charge in [-0.1, -0.05) is 54.0 Å². The van der Waals surface area contributed by atoms with Crippen LogP contribution in [0.3, 0.4) is 0 Å². The van der Waals surface area contributed by atoms with Crippen LogP contribution < -0.4 is 10.5 Å². The first-order valence-corrected chi connectivity index (χ1v) is 11.6. The number of ether oxygens (including phenoxy) is 1. The van der Waals surface area contributed by atoms with E-state index in [0.717, 1.165) is 63.8 Å². The first-order chi connectivity index (χ1) is 16.7. The van der Waals surface area contributed by atoms with E-state index in [1.807, 2.05) is 67.7 Å². The first-order valence-electron chi connectivity index (χ1n) is 11.6. The van der Waals surface area contributed by atoms with Crippen LogP contribution in [0, 0.1) is 6.92 Å². The molecule has 3 aromatic heterocycles. The third-order valence-electron chi connectivity index (χ3n) is 6.60. The lowest BCUT2D eigenvalue weighted by atomic mass is 9.85. The van der Waals surface area contributed by atoms with E-state index in [9.17, 15) is 0 Å². The number of nitrogens with zero attached hydrogens (tertiary/aromatic N) is 4. The zero-order valence-electron chi connectivity index (χ0n) is 18.9. The van der Waals surface area contributed by atoms with Gasteiger partial charge in [0.05, 0.1) is 5.56 Å². The van der Waals surface area contributed by atoms with Crippen LogP contribution in [0.25, 0.3) is 28.0 Å². The van der Waals surface area contributed by atoms with Gasteiger partial charge in [0, 0.05) is 29.4 Å². The molecule has 7 nitrogen and oxygen atoms in total. The number of hydrogen-bond acceptors (Lipinski definition) is 6. The summed E-state index contributed by atoms with van der Waals surface area (Å²) in [5, 5.41) is 4.25. The normalized spacial score (nSPS) is 13.8. The molecule has 1 aliphatic carbocycles. The summed E-state index contributed by atoms with van der Waals surface area (Å²) < 4.78 is 13.8. The lowest BCUT2D eigenvalue weighted by Gasteiger charge is -2.23. The topological polar surface area (TPSA) is 91.5 Å². The van der Waals surface area contributed by atoms with Crippen LogP contribution in [0.2, 0.25) is 0 Å². The van der Waals surface area contributed by atoms with Gasteiger partial charge in [-0.2, -0.15) is 0 Å². The fourth-order valence-corrected chi connectivity index (χ4v) is 4.52. The van der Waals surface area contributed by atoms with Crippen molar-refractivity contribution in [1.82, 2.24) is 19.5 Å². The van der Waals surface area contributed by atoms with E-state index in [4.69, 9.17) is 20.0 Å². The van der Waals surface area contributed by atoms with Gasteiger partial charge in [-0.05, 0) is 31.9 Å². The van der Waals surface area contributed by atoms with Gasteiger partial charge >= 0.3 is 0 Å². The predicted molar refractivity (Wildman–Crippen MR) is 130 cm³/mol. The molecule has 2 N–H and O–H groups in total. The summed E-state index contributed by atoms with van der Waals surface area (Å²) in [6.45, 7) is 2.26. The van der Waals surface area contributed by atoms with Gasteiger partial charge in [0.2, 0.25) is 0 Å². The largest absolute Gasteiger partial charge is 0.489 e. The van der Waals surface area contributed by atoms with Gasteiger partial charge in [0.1, 0.15) is 46.7 Å². The van der Waals surface area contributed by atoms with E-state index in [0.29, 0.717) is 18.3 Å². The third kappa shape index (κ3) is 3.50. The van der Waals surface area contributed by atoms with Crippen LogP contribution in [-0.4, -0.2) is 19.5 Å². The molecular formula is C27H25N5O2. The molecule has 3 heterocycles. The second kappa shape index (κ2) is 8.33. The van der Waals surface area contributed by atoms with Gasteiger partial charge in [-0.15, -0.1) is 0 Å². The SMILES string of the molecule is Cc1onc(-c2ccccc2)c1COc1cccc(-c2nc(C3CCC3)n3ccnc(N)c23)c1. The Bertz CT molecular complexity index is 1470. The summed E-state index contributed by atoms with van der Waals surface area (Å²) >= 11 is 0. The zero-order chi connectivity index (χ0) is 23.1. The van der Waals surface area contributed by atoms with E-state index in [1.165, 1.54) is 6.42 Å². The van der Waals surface area contributed by atoms with Gasteiger partial charge in [-0.3, -0.25) is 4.40 Å². The Hall–Kier alpha value is -4.13. The number of nitrogens with two attached hydrogens (primary N) is 1. The highest BCUT2D eigenvalue weighted by molar-refractivity contribution is 5.85. The molecule has 1 saturated carbocycles. The number of nitrogen functional groups attached to an aromatic ring is 1. The van der Waals surface area contributed by atoms with Crippen molar-refractivity contribution in [2.24, 2.45) is 0 Å². The molecule has 0 unspecified atom stereocenters. The molecule has 0 spiro atoms. The highest BCUT2D eigenvalue weighted by Crippen LogP contribution is 2.39. The fraction of sp³-hybridized carbons (Fsp3) is 0.222. The Balaban J connectivity index is 1.32. The Morgan fingerprint density at radius 3 is 2.68 bits per heavy atom. The minimum atomic E-state index is 0.351. The molecule has 0 amide bonds. The van der Waals surface area contributed by atoms with E-state index >= 15 is 0 Å². The quantitative estimate of drug-likeness (QED) is 0.351. The number of fused-ring (bicyclic) bond motifs is 1. The molecule has 7 heteroatoms. The number of imidazole rings is 1. The molecule has 34 heavy (non-hydrogen) atoms. The Morgan fingerprint density at radius 1 is 1.06 bits per heavy atom. The maximum atomic E-state index is 6.30. The molecule has 0 bridgehead atoms. The number of anilines is 1. The molecule has 1 aliphatic rings. The van der Waals surface area contributed by atoms with Crippen LogP contribution in [0.15, 0.2) is 71.5 Å². The van der Waals surface area contributed by atoms with E-state index in [-0.39, 0.29) is 0 Å². The summed E-state index contributed by atoms with van der Waals surface area (Å²) in [7, 11) is 0. The van der Waals surface area contributed by atoms with Crippen LogP contribution in [0.1, 0.15) is 42.3 Å². The molecule has 1 fully saturated rings. The molecule has 170 valence electrons. The van der Waals surface area contributed by atoms with Gasteiger partial charge < -0.3 is 15.0 Å². The standard InChI is InChI=1S/C27H25N5O2/c1-17-22(23(31-34-17)18-7-3-2-4-8-18)16-33-21-12-6-11-20(15-21)24-25-26(28)29-13-14-32(25)27(30-24)19-9-5-10-19/h2-4,6-8,11-15,19H,5,9-10,16H2,1H3,(H2,28,29).